The van der Waals surface area contributed by atoms with E-state index in [0.29, 0.717) is 30.8 Å². The van der Waals surface area contributed by atoms with E-state index in [4.69, 9.17) is 9.15 Å². The summed E-state index contributed by atoms with van der Waals surface area (Å²) < 4.78 is 48.1. The van der Waals surface area contributed by atoms with Crippen LogP contribution in [0.15, 0.2) is 34.7 Å². The SMILES string of the molecule is COc1cccc(-c2cc(C(=O)N3CCCC(c4nnc(C(F)(F)F)o4)C3)[nH]n2)c1. The summed E-state index contributed by atoms with van der Waals surface area (Å²) in [7, 11) is 1.56. The van der Waals surface area contributed by atoms with Gasteiger partial charge in [-0.2, -0.15) is 18.3 Å². The molecule has 1 aliphatic heterocycles. The number of hydrogen-bond acceptors (Lipinski definition) is 6. The van der Waals surface area contributed by atoms with Gasteiger partial charge in [-0.05, 0) is 31.0 Å². The third kappa shape index (κ3) is 4.00. The average molecular weight is 421 g/mol. The molecule has 1 unspecified atom stereocenters. The summed E-state index contributed by atoms with van der Waals surface area (Å²) in [6.45, 7) is 0.662. The Morgan fingerprint density at radius 2 is 2.13 bits per heavy atom. The molecule has 1 fully saturated rings. The lowest BCUT2D eigenvalue weighted by Gasteiger charge is -2.30. The van der Waals surface area contributed by atoms with Crippen LogP contribution in [0, 0.1) is 0 Å². The van der Waals surface area contributed by atoms with Crippen LogP contribution in [0.1, 0.15) is 41.0 Å². The molecule has 1 saturated heterocycles. The first-order valence-electron chi connectivity index (χ1n) is 9.25. The zero-order chi connectivity index (χ0) is 21.3. The Hall–Kier alpha value is -3.37. The predicted molar refractivity (Wildman–Crippen MR) is 97.8 cm³/mol. The van der Waals surface area contributed by atoms with E-state index >= 15 is 0 Å². The van der Waals surface area contributed by atoms with Crippen LogP contribution < -0.4 is 4.74 Å². The molecule has 1 aliphatic rings. The molecule has 0 radical (unpaired) electrons. The van der Waals surface area contributed by atoms with Crippen LogP contribution in [0.5, 0.6) is 5.75 Å². The molecule has 11 heteroatoms. The van der Waals surface area contributed by atoms with Gasteiger partial charge in [0.1, 0.15) is 11.4 Å². The summed E-state index contributed by atoms with van der Waals surface area (Å²) in [5.41, 5.74) is 1.65. The molecular formula is C19H18F3N5O3. The van der Waals surface area contributed by atoms with Crippen molar-refractivity contribution < 1.29 is 27.1 Å². The molecule has 1 amide bonds. The number of methoxy groups -OCH3 is 1. The summed E-state index contributed by atoms with van der Waals surface area (Å²) in [5.74, 6) is -1.57. The van der Waals surface area contributed by atoms with Crippen molar-refractivity contribution in [1.82, 2.24) is 25.3 Å². The predicted octanol–water partition coefficient (Wildman–Crippen LogP) is 3.51. The first kappa shape index (κ1) is 19.9. The number of nitrogens with one attached hydrogen (secondary N) is 1. The van der Waals surface area contributed by atoms with Crippen molar-refractivity contribution >= 4 is 5.91 Å². The number of alkyl halides is 3. The van der Waals surface area contributed by atoms with E-state index in [9.17, 15) is 18.0 Å². The number of likely N-dealkylation sites (tertiary alicyclic amines) is 1. The number of halogens is 3. The number of carbonyl (C=O) groups is 1. The molecule has 8 nitrogen and oxygen atoms in total. The molecule has 3 aromatic rings. The second kappa shape index (κ2) is 7.81. The third-order valence-electron chi connectivity index (χ3n) is 4.91. The van der Waals surface area contributed by atoms with Crippen molar-refractivity contribution in [2.75, 3.05) is 20.2 Å². The van der Waals surface area contributed by atoms with Crippen LogP contribution >= 0.6 is 0 Å². The third-order valence-corrected chi connectivity index (χ3v) is 4.91. The molecule has 2 aromatic heterocycles. The van der Waals surface area contributed by atoms with Gasteiger partial charge in [-0.15, -0.1) is 10.2 Å². The standard InChI is InChI=1S/C19H18F3N5O3/c1-29-13-6-2-4-11(8-13)14-9-15(24-23-14)17(28)27-7-3-5-12(10-27)16-25-26-18(30-16)19(20,21)22/h2,4,6,8-9,12H,3,5,7,10H2,1H3,(H,23,24). The van der Waals surface area contributed by atoms with Gasteiger partial charge >= 0.3 is 12.1 Å². The number of ether oxygens (including phenoxy) is 1. The molecule has 0 aliphatic carbocycles. The minimum atomic E-state index is -4.69. The number of aromatic amines is 1. The first-order chi connectivity index (χ1) is 14.3. The maximum atomic E-state index is 12.9. The number of hydrogen-bond donors (Lipinski definition) is 1. The van der Waals surface area contributed by atoms with Crippen molar-refractivity contribution in [2.24, 2.45) is 0 Å². The van der Waals surface area contributed by atoms with Gasteiger partial charge in [0, 0.05) is 18.7 Å². The number of benzene rings is 1. The lowest BCUT2D eigenvalue weighted by atomic mass is 9.97. The van der Waals surface area contributed by atoms with E-state index in [0.717, 1.165) is 5.56 Å². The maximum absolute atomic E-state index is 12.9. The van der Waals surface area contributed by atoms with Crippen molar-refractivity contribution in [2.45, 2.75) is 24.9 Å². The topological polar surface area (TPSA) is 97.1 Å². The summed E-state index contributed by atoms with van der Waals surface area (Å²) >= 11 is 0. The van der Waals surface area contributed by atoms with Gasteiger partial charge in [0.05, 0.1) is 18.7 Å². The highest BCUT2D eigenvalue weighted by Gasteiger charge is 2.39. The van der Waals surface area contributed by atoms with Gasteiger partial charge in [0.25, 0.3) is 5.91 Å². The highest BCUT2D eigenvalue weighted by Crippen LogP contribution is 2.32. The fraction of sp³-hybridized carbons (Fsp3) is 0.368. The van der Waals surface area contributed by atoms with E-state index in [1.165, 1.54) is 0 Å². The highest BCUT2D eigenvalue weighted by atomic mass is 19.4. The lowest BCUT2D eigenvalue weighted by molar-refractivity contribution is -0.157. The van der Waals surface area contributed by atoms with Gasteiger partial charge in [-0.1, -0.05) is 12.1 Å². The van der Waals surface area contributed by atoms with Crippen molar-refractivity contribution in [3.8, 4) is 17.0 Å². The second-order valence-corrected chi connectivity index (χ2v) is 6.93. The molecule has 4 rings (SSSR count). The Labute approximate surface area is 169 Å². The van der Waals surface area contributed by atoms with Gasteiger partial charge in [-0.3, -0.25) is 9.89 Å². The molecule has 0 bridgehead atoms. The van der Waals surface area contributed by atoms with Crippen LogP contribution in [-0.4, -0.2) is 51.4 Å². The monoisotopic (exact) mass is 421 g/mol. The lowest BCUT2D eigenvalue weighted by Crippen LogP contribution is -2.39. The second-order valence-electron chi connectivity index (χ2n) is 6.93. The Kier molecular flexibility index (Phi) is 5.18. The number of rotatable bonds is 4. The van der Waals surface area contributed by atoms with E-state index in [1.807, 2.05) is 12.1 Å². The zero-order valence-corrected chi connectivity index (χ0v) is 15.9. The van der Waals surface area contributed by atoms with Crippen molar-refractivity contribution in [1.29, 1.82) is 0 Å². The van der Waals surface area contributed by atoms with E-state index in [1.54, 1.807) is 30.2 Å². The van der Waals surface area contributed by atoms with Crippen LogP contribution in [0.2, 0.25) is 0 Å². The number of carbonyl (C=O) groups excluding carboxylic acids is 1. The summed E-state index contributed by atoms with van der Waals surface area (Å²) in [5, 5.41) is 13.5. The molecule has 158 valence electrons. The molecule has 0 spiro atoms. The number of piperidine rings is 1. The minimum Gasteiger partial charge on any atom is -0.497 e. The Morgan fingerprint density at radius 3 is 2.87 bits per heavy atom. The fourth-order valence-corrected chi connectivity index (χ4v) is 3.41. The first-order valence-corrected chi connectivity index (χ1v) is 9.25. The van der Waals surface area contributed by atoms with Gasteiger partial charge in [0.15, 0.2) is 0 Å². The zero-order valence-electron chi connectivity index (χ0n) is 15.9. The highest BCUT2D eigenvalue weighted by molar-refractivity contribution is 5.93. The quantitative estimate of drug-likeness (QED) is 0.693. The molecule has 0 saturated carbocycles. The molecular weight excluding hydrogens is 403 g/mol. The van der Waals surface area contributed by atoms with Crippen molar-refractivity contribution in [3.63, 3.8) is 0 Å². The average Bonchev–Trinajstić information content (AvgIpc) is 3.43. The molecule has 30 heavy (non-hydrogen) atoms. The van der Waals surface area contributed by atoms with Crippen LogP contribution in [0.25, 0.3) is 11.3 Å². The molecule has 1 aromatic carbocycles. The Bertz CT molecular complexity index is 1050. The minimum absolute atomic E-state index is 0.110. The number of amides is 1. The molecule has 1 N–H and O–H groups in total. The number of H-pyrrole nitrogens is 1. The Balaban J connectivity index is 1.48. The van der Waals surface area contributed by atoms with Gasteiger partial charge in [-0.25, -0.2) is 0 Å². The Morgan fingerprint density at radius 1 is 1.30 bits per heavy atom. The smallest absolute Gasteiger partial charge is 0.470 e. The van der Waals surface area contributed by atoms with Crippen LogP contribution in [0.4, 0.5) is 13.2 Å². The normalized spacial score (nSPS) is 17.2. The maximum Gasteiger partial charge on any atom is 0.470 e. The van der Waals surface area contributed by atoms with Gasteiger partial charge in [0.2, 0.25) is 5.89 Å². The van der Waals surface area contributed by atoms with Crippen LogP contribution in [-0.2, 0) is 6.18 Å². The fourth-order valence-electron chi connectivity index (χ4n) is 3.41. The van der Waals surface area contributed by atoms with Crippen molar-refractivity contribution in [3.05, 3.63) is 47.8 Å². The number of aromatic nitrogens is 4. The van der Waals surface area contributed by atoms with E-state index in [2.05, 4.69) is 20.4 Å². The molecule has 3 heterocycles. The van der Waals surface area contributed by atoms with Gasteiger partial charge < -0.3 is 14.1 Å². The number of nitrogens with zero attached hydrogens (tertiary/aromatic N) is 4. The summed E-state index contributed by atoms with van der Waals surface area (Å²) in [6, 6.07) is 8.90. The largest absolute Gasteiger partial charge is 0.497 e. The molecule has 1 atom stereocenters. The van der Waals surface area contributed by atoms with E-state index < -0.39 is 18.0 Å². The summed E-state index contributed by atoms with van der Waals surface area (Å²) in [6.07, 6.45) is -3.53. The summed E-state index contributed by atoms with van der Waals surface area (Å²) in [4.78, 5) is 14.4. The van der Waals surface area contributed by atoms with E-state index in [-0.39, 0.29) is 24.0 Å². The van der Waals surface area contributed by atoms with Crippen LogP contribution in [0.3, 0.4) is 0 Å².